The van der Waals surface area contributed by atoms with Crippen molar-refractivity contribution in [2.45, 2.75) is 44.2 Å². The lowest BCUT2D eigenvalue weighted by Gasteiger charge is -2.40. The number of alkyl halides is 6. The van der Waals surface area contributed by atoms with Crippen molar-refractivity contribution in [3.63, 3.8) is 0 Å². The molecule has 2 aromatic carbocycles. The van der Waals surface area contributed by atoms with Gasteiger partial charge < -0.3 is 14.2 Å². The number of rotatable bonds is 9. The van der Waals surface area contributed by atoms with E-state index in [9.17, 15) is 35.5 Å². The Morgan fingerprint density at radius 2 is 1.71 bits per heavy atom. The van der Waals surface area contributed by atoms with Gasteiger partial charge in [0.2, 0.25) is 0 Å². The van der Waals surface area contributed by atoms with Gasteiger partial charge in [-0.3, -0.25) is 9.69 Å². The second-order valence-electron chi connectivity index (χ2n) is 9.18. The quantitative estimate of drug-likeness (QED) is 0.262. The number of hydrogen-bond acceptors (Lipinski definition) is 7. The van der Waals surface area contributed by atoms with E-state index in [-0.39, 0.29) is 44.4 Å². The molecule has 0 spiro atoms. The first kappa shape index (κ1) is 30.4. The van der Waals surface area contributed by atoms with E-state index in [0.29, 0.717) is 30.1 Å². The Labute approximate surface area is 229 Å². The summed E-state index contributed by atoms with van der Waals surface area (Å²) in [6, 6.07) is 6.24. The van der Waals surface area contributed by atoms with Crippen LogP contribution >= 0.6 is 0 Å². The fourth-order valence-corrected chi connectivity index (χ4v) is 4.35. The number of carbonyl (C=O) groups is 1. The maximum Gasteiger partial charge on any atom is 0.416 e. The monoisotopic (exact) mass is 590 g/mol. The van der Waals surface area contributed by atoms with Gasteiger partial charge >= 0.3 is 18.3 Å². The van der Waals surface area contributed by atoms with E-state index in [0.717, 1.165) is 0 Å². The number of halogens is 7. The molecule has 41 heavy (non-hydrogen) atoms. The average Bonchev–Trinajstić information content (AvgIpc) is 3.34. The van der Waals surface area contributed by atoms with Crippen LogP contribution in [0.4, 0.5) is 30.7 Å². The van der Waals surface area contributed by atoms with Crippen LogP contribution in [0, 0.1) is 5.82 Å². The number of morpholine rings is 1. The number of ether oxygens (including phenoxy) is 3. The van der Waals surface area contributed by atoms with E-state index in [1.165, 1.54) is 42.4 Å². The Hall–Kier alpha value is -3.56. The summed E-state index contributed by atoms with van der Waals surface area (Å²) in [6.45, 7) is 0.303. The van der Waals surface area contributed by atoms with E-state index >= 15 is 0 Å². The largest absolute Gasteiger partial charge is 0.468 e. The second-order valence-corrected chi connectivity index (χ2v) is 9.18. The van der Waals surface area contributed by atoms with Gasteiger partial charge in [-0.1, -0.05) is 12.1 Å². The van der Waals surface area contributed by atoms with Crippen LogP contribution in [0.1, 0.15) is 34.1 Å². The van der Waals surface area contributed by atoms with Crippen LogP contribution in [-0.4, -0.2) is 58.8 Å². The van der Waals surface area contributed by atoms with Gasteiger partial charge in [-0.05, 0) is 47.9 Å². The summed E-state index contributed by atoms with van der Waals surface area (Å²) < 4.78 is 111. The van der Waals surface area contributed by atoms with Crippen LogP contribution in [-0.2, 0) is 50.9 Å². The maximum atomic E-state index is 13.7. The number of methoxy groups -OCH3 is 1. The summed E-state index contributed by atoms with van der Waals surface area (Å²) in [6.07, 6.45) is -9.83. The topological polar surface area (TPSA) is 78.7 Å². The summed E-state index contributed by atoms with van der Waals surface area (Å²) in [5.74, 6) is -0.651. The molecule has 0 amide bonds. The van der Waals surface area contributed by atoms with Gasteiger partial charge in [0.15, 0.2) is 12.1 Å². The Kier molecular flexibility index (Phi) is 9.29. The Bertz CT molecular complexity index is 1300. The number of hydrogen-bond donors (Lipinski definition) is 0. The van der Waals surface area contributed by atoms with Gasteiger partial charge in [-0.15, -0.1) is 0 Å². The minimum Gasteiger partial charge on any atom is -0.468 e. The molecule has 2 heterocycles. The van der Waals surface area contributed by atoms with E-state index in [1.807, 2.05) is 4.90 Å². The molecular weight excluding hydrogens is 565 g/mol. The third-order valence-electron chi connectivity index (χ3n) is 6.29. The summed E-state index contributed by atoms with van der Waals surface area (Å²) in [4.78, 5) is 17.6. The standard InChI is InChI=1S/C26H25F7N4O4/c1-39-22(38)14-37-15-34-21(35-37)13-36-7-9-41-24(23(36)17-2-4-20(27)5-3-17)40-8-6-16-10-18(25(28,29)30)12-19(11-16)26(31,32)33/h2-5,10-12,15,23-24H,6-9,13-14H2,1H3. The van der Waals surface area contributed by atoms with Gasteiger partial charge in [0.25, 0.3) is 0 Å². The van der Waals surface area contributed by atoms with Crippen molar-refractivity contribution in [1.29, 1.82) is 0 Å². The average molecular weight is 590 g/mol. The molecule has 1 saturated heterocycles. The summed E-state index contributed by atoms with van der Waals surface area (Å²) in [5.41, 5.74) is -2.45. The molecule has 2 unspecified atom stereocenters. The number of esters is 1. The molecule has 0 radical (unpaired) electrons. The predicted molar refractivity (Wildman–Crippen MR) is 127 cm³/mol. The van der Waals surface area contributed by atoms with Gasteiger partial charge in [0.1, 0.15) is 18.7 Å². The lowest BCUT2D eigenvalue weighted by molar-refractivity contribution is -0.212. The van der Waals surface area contributed by atoms with Gasteiger partial charge in [0.05, 0.1) is 44.0 Å². The van der Waals surface area contributed by atoms with Crippen molar-refractivity contribution in [2.75, 3.05) is 26.9 Å². The van der Waals surface area contributed by atoms with Crippen molar-refractivity contribution in [3.8, 4) is 0 Å². The van der Waals surface area contributed by atoms with Crippen molar-refractivity contribution in [2.24, 2.45) is 0 Å². The zero-order chi connectivity index (χ0) is 29.8. The van der Waals surface area contributed by atoms with E-state index < -0.39 is 47.6 Å². The van der Waals surface area contributed by atoms with Crippen LogP contribution in [0.3, 0.4) is 0 Å². The zero-order valence-corrected chi connectivity index (χ0v) is 21.6. The molecule has 15 heteroatoms. The van der Waals surface area contributed by atoms with Crippen molar-refractivity contribution in [3.05, 3.63) is 82.7 Å². The highest BCUT2D eigenvalue weighted by molar-refractivity contribution is 5.68. The second kappa shape index (κ2) is 12.5. The molecule has 8 nitrogen and oxygen atoms in total. The molecule has 4 rings (SSSR count). The molecule has 3 aromatic rings. The normalized spacial score (nSPS) is 18.4. The Morgan fingerprint density at radius 3 is 2.32 bits per heavy atom. The summed E-state index contributed by atoms with van der Waals surface area (Å²) in [7, 11) is 1.24. The lowest BCUT2D eigenvalue weighted by Crippen LogP contribution is -2.46. The fourth-order valence-electron chi connectivity index (χ4n) is 4.35. The van der Waals surface area contributed by atoms with E-state index in [1.54, 1.807) is 0 Å². The minimum atomic E-state index is -4.96. The van der Waals surface area contributed by atoms with Crippen molar-refractivity contribution in [1.82, 2.24) is 19.7 Å². The van der Waals surface area contributed by atoms with Crippen LogP contribution in [0.15, 0.2) is 48.8 Å². The summed E-state index contributed by atoms with van der Waals surface area (Å²) >= 11 is 0. The molecule has 1 aromatic heterocycles. The first-order valence-corrected chi connectivity index (χ1v) is 12.3. The van der Waals surface area contributed by atoms with E-state index in [2.05, 4.69) is 14.8 Å². The van der Waals surface area contributed by atoms with Crippen molar-refractivity contribution >= 4 is 5.97 Å². The fraction of sp³-hybridized carbons (Fsp3) is 0.423. The smallest absolute Gasteiger partial charge is 0.416 e. The summed E-state index contributed by atoms with van der Waals surface area (Å²) in [5, 5.41) is 4.26. The highest BCUT2D eigenvalue weighted by Crippen LogP contribution is 2.37. The highest BCUT2D eigenvalue weighted by Gasteiger charge is 2.38. The molecule has 1 aliphatic heterocycles. The third kappa shape index (κ3) is 8.01. The van der Waals surface area contributed by atoms with Gasteiger partial charge in [-0.25, -0.2) is 14.1 Å². The molecule has 0 saturated carbocycles. The highest BCUT2D eigenvalue weighted by atomic mass is 19.4. The number of benzene rings is 2. The predicted octanol–water partition coefficient (Wildman–Crippen LogP) is 4.79. The van der Waals surface area contributed by atoms with Gasteiger partial charge in [-0.2, -0.15) is 31.4 Å². The molecule has 2 atom stereocenters. The molecule has 0 N–H and O–H groups in total. The van der Waals surface area contributed by atoms with Gasteiger partial charge in [0, 0.05) is 6.54 Å². The molecule has 1 aliphatic rings. The maximum absolute atomic E-state index is 13.7. The minimum absolute atomic E-state index is 0.0670. The first-order valence-electron chi connectivity index (χ1n) is 12.3. The molecule has 0 aliphatic carbocycles. The first-order chi connectivity index (χ1) is 19.3. The molecule has 0 bridgehead atoms. The SMILES string of the molecule is COC(=O)Cn1cnc(CN2CCOC(OCCc3cc(C(F)(F)F)cc(C(F)(F)F)c3)C2c2ccc(F)cc2)n1. The molecular formula is C26H25F7N4O4. The lowest BCUT2D eigenvalue weighted by atomic mass is 10.0. The number of carbonyl (C=O) groups excluding carboxylic acids is 1. The van der Waals surface area contributed by atoms with Crippen LogP contribution in [0.2, 0.25) is 0 Å². The Balaban J connectivity index is 1.52. The number of nitrogens with zero attached hydrogens (tertiary/aromatic N) is 4. The van der Waals surface area contributed by atoms with Crippen LogP contribution in [0.5, 0.6) is 0 Å². The Morgan fingerprint density at radius 1 is 1.05 bits per heavy atom. The number of aromatic nitrogens is 3. The molecule has 222 valence electrons. The van der Waals surface area contributed by atoms with Crippen LogP contribution < -0.4 is 0 Å². The van der Waals surface area contributed by atoms with Crippen LogP contribution in [0.25, 0.3) is 0 Å². The third-order valence-corrected chi connectivity index (χ3v) is 6.29. The van der Waals surface area contributed by atoms with E-state index in [4.69, 9.17) is 9.47 Å². The van der Waals surface area contributed by atoms with Crippen molar-refractivity contribution < 1.29 is 49.7 Å². The molecule has 1 fully saturated rings. The zero-order valence-electron chi connectivity index (χ0n) is 21.6.